The molecule has 1 N–H and O–H groups in total. The number of halogens is 1. The van der Waals surface area contributed by atoms with Gasteiger partial charge in [0, 0.05) is 34.2 Å². The van der Waals surface area contributed by atoms with Gasteiger partial charge in [-0.15, -0.1) is 0 Å². The largest absolute Gasteiger partial charge is 0.442 e. The summed E-state index contributed by atoms with van der Waals surface area (Å²) >= 11 is 5.30. The number of nitrogens with one attached hydrogen (secondary N) is 1. The van der Waals surface area contributed by atoms with Crippen molar-refractivity contribution >= 4 is 38.7 Å². The third-order valence-electron chi connectivity index (χ3n) is 5.96. The zero-order valence-electron chi connectivity index (χ0n) is 16.4. The predicted molar refractivity (Wildman–Crippen MR) is 116 cm³/mol. The van der Waals surface area contributed by atoms with E-state index in [0.717, 1.165) is 17.8 Å². The fourth-order valence-electron chi connectivity index (χ4n) is 3.95. The van der Waals surface area contributed by atoms with Gasteiger partial charge in [0.2, 0.25) is 0 Å². The van der Waals surface area contributed by atoms with E-state index < -0.39 is 15.8 Å². The molecular weight excluding hydrogens is 413 g/mol. The third kappa shape index (κ3) is 4.55. The molecule has 1 saturated carbocycles. The van der Waals surface area contributed by atoms with Crippen molar-refractivity contribution in [2.24, 2.45) is 10.3 Å². The monoisotopic (exact) mass is 439 g/mol. The molecule has 1 aromatic rings. The topological polar surface area (TPSA) is 71.0 Å². The van der Waals surface area contributed by atoms with Gasteiger partial charge in [-0.2, -0.15) is 0 Å². The minimum atomic E-state index is -2.11. The molecule has 3 aliphatic rings. The van der Waals surface area contributed by atoms with Crippen LogP contribution in [0.1, 0.15) is 37.2 Å². The van der Waals surface area contributed by atoms with Gasteiger partial charge < -0.3 is 10.1 Å². The highest BCUT2D eigenvalue weighted by Gasteiger charge is 2.34. The summed E-state index contributed by atoms with van der Waals surface area (Å²) < 4.78 is 36.6. The normalized spacial score (nSPS) is 29.4. The van der Waals surface area contributed by atoms with E-state index in [9.17, 15) is 13.4 Å². The Bertz CT molecular complexity index is 927. The number of benzene rings is 1. The predicted octanol–water partition coefficient (Wildman–Crippen LogP) is 3.45. The first-order valence-electron chi connectivity index (χ1n) is 10.0. The van der Waals surface area contributed by atoms with Gasteiger partial charge in [-0.05, 0) is 49.3 Å². The average molecular weight is 440 g/mol. The van der Waals surface area contributed by atoms with Crippen LogP contribution in [0, 0.1) is 11.7 Å². The Kier molecular flexibility index (Phi) is 5.79. The van der Waals surface area contributed by atoms with Gasteiger partial charge >= 0.3 is 6.09 Å². The van der Waals surface area contributed by atoms with Crippen LogP contribution >= 0.6 is 12.2 Å². The summed E-state index contributed by atoms with van der Waals surface area (Å²) in [6.07, 6.45) is 2.78. The maximum Gasteiger partial charge on any atom is 0.414 e. The number of hydrogen-bond acceptors (Lipinski definition) is 5. The van der Waals surface area contributed by atoms with Crippen LogP contribution in [0.15, 0.2) is 22.6 Å². The Labute approximate surface area is 176 Å². The van der Waals surface area contributed by atoms with Crippen molar-refractivity contribution in [3.05, 3.63) is 29.6 Å². The quantitative estimate of drug-likeness (QED) is 0.712. The summed E-state index contributed by atoms with van der Waals surface area (Å²) in [4.78, 5) is 14.6. The summed E-state index contributed by atoms with van der Waals surface area (Å²) in [6, 6.07) is 4.91. The maximum absolute atomic E-state index is 14.8. The average Bonchev–Trinajstić information content (AvgIpc) is 3.50. The van der Waals surface area contributed by atoms with Crippen LogP contribution in [0.4, 0.5) is 14.9 Å². The lowest BCUT2D eigenvalue weighted by Gasteiger charge is -2.25. The van der Waals surface area contributed by atoms with Crippen LogP contribution in [0.2, 0.25) is 0 Å². The molecule has 2 saturated heterocycles. The molecule has 1 atom stereocenters. The molecular formula is C20H26FN3O3S2. The summed E-state index contributed by atoms with van der Waals surface area (Å²) in [7, 11) is -0.519. The Morgan fingerprint density at radius 3 is 2.69 bits per heavy atom. The lowest BCUT2D eigenvalue weighted by Crippen LogP contribution is -2.34. The third-order valence-corrected chi connectivity index (χ3v) is 8.86. The highest BCUT2D eigenvalue weighted by atomic mass is 32.2. The van der Waals surface area contributed by atoms with Gasteiger partial charge in [-0.3, -0.25) is 4.90 Å². The number of amides is 1. The second-order valence-corrected chi connectivity index (χ2v) is 11.1. The van der Waals surface area contributed by atoms with E-state index in [1.165, 1.54) is 11.0 Å². The molecule has 2 aliphatic heterocycles. The number of rotatable bonds is 5. The first kappa shape index (κ1) is 20.5. The Morgan fingerprint density at radius 1 is 1.34 bits per heavy atom. The Hall–Kier alpha value is -1.74. The minimum absolute atomic E-state index is 0.0336. The Morgan fingerprint density at radius 2 is 2.07 bits per heavy atom. The number of carbonyl (C=O) groups excluding carboxylic acids is 1. The highest BCUT2D eigenvalue weighted by molar-refractivity contribution is 7.93. The van der Waals surface area contributed by atoms with Gasteiger partial charge in [0.25, 0.3) is 0 Å². The van der Waals surface area contributed by atoms with Crippen LogP contribution in [0.3, 0.4) is 0 Å². The first-order valence-corrected chi connectivity index (χ1v) is 12.3. The molecule has 158 valence electrons. The van der Waals surface area contributed by atoms with E-state index in [1.807, 2.05) is 0 Å². The molecule has 9 heteroatoms. The smallest absolute Gasteiger partial charge is 0.414 e. The van der Waals surface area contributed by atoms with E-state index in [2.05, 4.69) is 9.68 Å². The number of ether oxygens (including phenoxy) is 1. The van der Waals surface area contributed by atoms with E-state index >= 15 is 0 Å². The van der Waals surface area contributed by atoms with Crippen LogP contribution < -0.4 is 10.2 Å². The van der Waals surface area contributed by atoms with E-state index in [0.29, 0.717) is 54.6 Å². The molecule has 2 heterocycles. The molecule has 0 radical (unpaired) electrons. The second-order valence-electron chi connectivity index (χ2n) is 7.98. The SMILES string of the molecule is CN=S1(=O)CCC(c2ccc(N3C[C@H](CNC(=S)C4CC4)OC3=O)cc2F)CC1. The molecule has 3 fully saturated rings. The molecule has 0 aromatic heterocycles. The molecule has 6 nitrogen and oxygen atoms in total. The van der Waals surface area contributed by atoms with Crippen LogP contribution in [-0.4, -0.2) is 53.0 Å². The lowest BCUT2D eigenvalue weighted by atomic mass is 9.93. The van der Waals surface area contributed by atoms with Crippen molar-refractivity contribution in [1.82, 2.24) is 5.32 Å². The van der Waals surface area contributed by atoms with Crippen molar-refractivity contribution in [2.45, 2.75) is 37.7 Å². The second kappa shape index (κ2) is 8.18. The standard InChI is InChI=1S/C20H26FN3O3S2/c1-22-29(26)8-6-13(7-9-29)17-5-4-15(10-18(17)21)24-12-16(27-20(24)25)11-23-19(28)14-2-3-14/h4-5,10,13-14,16H,2-3,6-9,11-12H2,1H3,(H,23,28)/t13?,16-,29?/m0/s1. The molecule has 1 amide bonds. The fourth-order valence-corrected chi connectivity index (χ4v) is 6.14. The number of nitrogens with zero attached hydrogens (tertiary/aromatic N) is 2. The van der Waals surface area contributed by atoms with E-state index in [4.69, 9.17) is 17.0 Å². The highest BCUT2D eigenvalue weighted by Crippen LogP contribution is 2.34. The van der Waals surface area contributed by atoms with Gasteiger partial charge in [0.15, 0.2) is 0 Å². The number of hydrogen-bond donors (Lipinski definition) is 1. The molecule has 4 rings (SSSR count). The summed E-state index contributed by atoms with van der Waals surface area (Å²) in [5, 5.41) is 3.18. The number of anilines is 1. The van der Waals surface area contributed by atoms with Crippen molar-refractivity contribution in [2.75, 3.05) is 36.5 Å². The molecule has 0 bridgehead atoms. The number of cyclic esters (lactones) is 1. The molecule has 29 heavy (non-hydrogen) atoms. The van der Waals surface area contributed by atoms with Crippen LogP contribution in [0.25, 0.3) is 0 Å². The number of carbonyl (C=O) groups is 1. The maximum atomic E-state index is 14.8. The minimum Gasteiger partial charge on any atom is -0.442 e. The van der Waals surface area contributed by atoms with Gasteiger partial charge in [-0.1, -0.05) is 18.3 Å². The number of thiocarbonyl (C=S) groups is 1. The lowest BCUT2D eigenvalue weighted by molar-refractivity contribution is 0.143. The van der Waals surface area contributed by atoms with Gasteiger partial charge in [0.05, 0.1) is 23.8 Å². The van der Waals surface area contributed by atoms with Crippen LogP contribution in [-0.2, 0) is 14.5 Å². The van der Waals surface area contributed by atoms with E-state index in [-0.39, 0.29) is 17.8 Å². The zero-order chi connectivity index (χ0) is 20.6. The first-order chi connectivity index (χ1) is 13.9. The summed E-state index contributed by atoms with van der Waals surface area (Å²) in [5.74, 6) is 1.18. The van der Waals surface area contributed by atoms with Gasteiger partial charge in [-0.25, -0.2) is 17.8 Å². The van der Waals surface area contributed by atoms with Crippen molar-refractivity contribution in [3.8, 4) is 0 Å². The van der Waals surface area contributed by atoms with Crippen LogP contribution in [0.5, 0.6) is 0 Å². The van der Waals surface area contributed by atoms with Gasteiger partial charge in [0.1, 0.15) is 11.9 Å². The van der Waals surface area contributed by atoms with E-state index in [1.54, 1.807) is 19.2 Å². The fraction of sp³-hybridized carbons (Fsp3) is 0.600. The molecule has 0 spiro atoms. The van der Waals surface area contributed by atoms with Crippen molar-refractivity contribution in [3.63, 3.8) is 0 Å². The molecule has 1 aromatic carbocycles. The van der Waals surface area contributed by atoms with Crippen molar-refractivity contribution in [1.29, 1.82) is 0 Å². The molecule has 0 unspecified atom stereocenters. The zero-order valence-corrected chi connectivity index (χ0v) is 18.1. The summed E-state index contributed by atoms with van der Waals surface area (Å²) in [5.41, 5.74) is 1.11. The Balaban J connectivity index is 1.39. The molecule has 1 aliphatic carbocycles. The summed E-state index contributed by atoms with van der Waals surface area (Å²) in [6.45, 7) is 0.837. The van der Waals surface area contributed by atoms with Crippen molar-refractivity contribution < 1.29 is 18.1 Å².